The van der Waals surface area contributed by atoms with Gasteiger partial charge in [-0.3, -0.25) is 4.90 Å². The van der Waals surface area contributed by atoms with Crippen LogP contribution in [-0.4, -0.2) is 59.1 Å². The summed E-state index contributed by atoms with van der Waals surface area (Å²) in [5.41, 5.74) is 0.799. The maximum Gasteiger partial charge on any atom is 0.336 e. The maximum atomic E-state index is 6.05. The summed E-state index contributed by atoms with van der Waals surface area (Å²) >= 11 is 12.0. The Bertz CT molecular complexity index is 671. The van der Waals surface area contributed by atoms with Crippen LogP contribution in [0.3, 0.4) is 0 Å². The molecule has 1 aliphatic rings. The van der Waals surface area contributed by atoms with Gasteiger partial charge in [-0.2, -0.15) is 4.98 Å². The van der Waals surface area contributed by atoms with Gasteiger partial charge in [-0.1, -0.05) is 23.2 Å². The molecule has 3 rings (SSSR count). The molecule has 1 aromatic heterocycles. The summed E-state index contributed by atoms with van der Waals surface area (Å²) in [5, 5.41) is 5.36. The van der Waals surface area contributed by atoms with Gasteiger partial charge in [0.05, 0.1) is 28.9 Å². The first-order valence-corrected chi connectivity index (χ1v) is 8.21. The van der Waals surface area contributed by atoms with E-state index >= 15 is 0 Å². The van der Waals surface area contributed by atoms with Crippen molar-refractivity contribution in [2.45, 2.75) is 6.92 Å². The topological polar surface area (TPSA) is 52.4 Å². The van der Waals surface area contributed by atoms with Crippen molar-refractivity contribution < 1.29 is 9.47 Å². The second-order valence-electron chi connectivity index (χ2n) is 5.25. The van der Waals surface area contributed by atoms with Gasteiger partial charge in [-0.15, -0.1) is 5.10 Å². The van der Waals surface area contributed by atoms with Gasteiger partial charge in [0, 0.05) is 19.6 Å². The molecule has 0 atom stereocenters. The molecular weight excluding hydrogens is 339 g/mol. The van der Waals surface area contributed by atoms with Gasteiger partial charge in [0.2, 0.25) is 0 Å². The lowest BCUT2D eigenvalue weighted by atomic mass is 10.3. The molecule has 0 aliphatic carbocycles. The Morgan fingerprint density at radius 1 is 1.22 bits per heavy atom. The highest BCUT2D eigenvalue weighted by Gasteiger charge is 2.13. The van der Waals surface area contributed by atoms with Gasteiger partial charge in [0.1, 0.15) is 12.4 Å². The van der Waals surface area contributed by atoms with E-state index < -0.39 is 0 Å². The van der Waals surface area contributed by atoms with Crippen LogP contribution in [0.2, 0.25) is 10.0 Å². The predicted molar refractivity (Wildman–Crippen MR) is 88.9 cm³/mol. The number of benzene rings is 1. The average Bonchev–Trinajstić information content (AvgIpc) is 2.92. The summed E-state index contributed by atoms with van der Waals surface area (Å²) in [6.07, 6.45) is 0. The maximum absolute atomic E-state index is 6.05. The van der Waals surface area contributed by atoms with Crippen molar-refractivity contribution in [3.8, 4) is 11.7 Å². The lowest BCUT2D eigenvalue weighted by Gasteiger charge is -2.25. The zero-order chi connectivity index (χ0) is 16.2. The number of halogens is 2. The molecule has 0 saturated carbocycles. The molecule has 0 unspecified atom stereocenters. The number of hydrogen-bond donors (Lipinski definition) is 0. The number of aryl methyl sites for hydroxylation is 1. The van der Waals surface area contributed by atoms with Gasteiger partial charge in [0.15, 0.2) is 0 Å². The highest BCUT2D eigenvalue weighted by Crippen LogP contribution is 2.25. The van der Waals surface area contributed by atoms with E-state index in [1.165, 1.54) is 0 Å². The van der Waals surface area contributed by atoms with E-state index in [0.29, 0.717) is 22.7 Å². The van der Waals surface area contributed by atoms with Crippen LogP contribution in [0.1, 0.15) is 5.82 Å². The minimum atomic E-state index is 0.363. The number of hydrogen-bond acceptors (Lipinski definition) is 5. The molecule has 0 N–H and O–H groups in total. The van der Waals surface area contributed by atoms with Gasteiger partial charge < -0.3 is 9.47 Å². The second-order valence-corrected chi connectivity index (χ2v) is 6.07. The van der Waals surface area contributed by atoms with Gasteiger partial charge >= 0.3 is 6.01 Å². The second kappa shape index (κ2) is 7.49. The first-order chi connectivity index (χ1) is 11.1. The summed E-state index contributed by atoms with van der Waals surface area (Å²) in [6.45, 7) is 6.69. The average molecular weight is 357 g/mol. The van der Waals surface area contributed by atoms with Gasteiger partial charge in [0.25, 0.3) is 0 Å². The molecule has 2 aromatic rings. The Hall–Kier alpha value is -1.34. The fourth-order valence-corrected chi connectivity index (χ4v) is 2.67. The molecule has 0 radical (unpaired) electrons. The normalized spacial score (nSPS) is 15.8. The molecule has 0 amide bonds. The Balaban J connectivity index is 1.62. The summed E-state index contributed by atoms with van der Waals surface area (Å²) in [5.74, 6) is 0.727. The molecule has 0 spiro atoms. The fourth-order valence-electron chi connectivity index (χ4n) is 2.38. The van der Waals surface area contributed by atoms with Crippen molar-refractivity contribution in [2.24, 2.45) is 0 Å². The molecule has 1 aromatic carbocycles. The van der Waals surface area contributed by atoms with Crippen LogP contribution >= 0.6 is 23.2 Å². The smallest absolute Gasteiger partial charge is 0.336 e. The monoisotopic (exact) mass is 356 g/mol. The Labute approximate surface area is 144 Å². The Morgan fingerprint density at radius 2 is 2.00 bits per heavy atom. The zero-order valence-corrected chi connectivity index (χ0v) is 14.3. The van der Waals surface area contributed by atoms with Gasteiger partial charge in [-0.25, -0.2) is 4.68 Å². The van der Waals surface area contributed by atoms with Crippen LogP contribution in [0.25, 0.3) is 5.69 Å². The highest BCUT2D eigenvalue weighted by atomic mass is 35.5. The Kier molecular flexibility index (Phi) is 5.38. The van der Waals surface area contributed by atoms with Gasteiger partial charge in [-0.05, 0) is 25.1 Å². The van der Waals surface area contributed by atoms with Crippen LogP contribution < -0.4 is 4.74 Å². The number of nitrogens with zero attached hydrogens (tertiary/aromatic N) is 4. The summed E-state index contributed by atoms with van der Waals surface area (Å²) in [7, 11) is 0. The van der Waals surface area contributed by atoms with Crippen molar-refractivity contribution >= 4 is 23.2 Å². The standard InChI is InChI=1S/C15H18Cl2N4O2/c1-11-18-15(23-9-6-20-4-7-22-8-5-20)19-21(11)12-2-3-13(16)14(17)10-12/h2-3,10H,4-9H2,1H3. The highest BCUT2D eigenvalue weighted by molar-refractivity contribution is 6.42. The van der Waals surface area contributed by atoms with E-state index in [1.807, 2.05) is 13.0 Å². The van der Waals surface area contributed by atoms with Crippen molar-refractivity contribution in [3.05, 3.63) is 34.1 Å². The molecule has 8 heteroatoms. The van der Waals surface area contributed by atoms with Crippen LogP contribution in [0, 0.1) is 6.92 Å². The predicted octanol–water partition coefficient (Wildman–Crippen LogP) is 2.59. The van der Waals surface area contributed by atoms with Crippen molar-refractivity contribution in [2.75, 3.05) is 39.5 Å². The number of aromatic nitrogens is 3. The zero-order valence-electron chi connectivity index (χ0n) is 12.8. The van der Waals surface area contributed by atoms with Crippen LogP contribution in [-0.2, 0) is 4.74 Å². The van der Waals surface area contributed by atoms with Crippen LogP contribution in [0.5, 0.6) is 6.01 Å². The van der Waals surface area contributed by atoms with E-state index in [9.17, 15) is 0 Å². The van der Waals surface area contributed by atoms with Crippen molar-refractivity contribution in [1.82, 2.24) is 19.7 Å². The van der Waals surface area contributed by atoms with Crippen LogP contribution in [0.4, 0.5) is 0 Å². The molecule has 124 valence electrons. The van der Waals surface area contributed by atoms with Crippen molar-refractivity contribution in [3.63, 3.8) is 0 Å². The fraction of sp³-hybridized carbons (Fsp3) is 0.467. The molecular formula is C15H18Cl2N4O2. The van der Waals surface area contributed by atoms with E-state index in [0.717, 1.165) is 44.4 Å². The summed E-state index contributed by atoms with van der Waals surface area (Å²) in [4.78, 5) is 6.63. The molecule has 6 nitrogen and oxygen atoms in total. The van der Waals surface area contributed by atoms with Crippen molar-refractivity contribution in [1.29, 1.82) is 0 Å². The molecule has 1 saturated heterocycles. The summed E-state index contributed by atoms with van der Waals surface area (Å²) in [6, 6.07) is 5.69. The number of rotatable bonds is 5. The number of morpholine rings is 1. The molecule has 2 heterocycles. The van der Waals surface area contributed by atoms with E-state index in [4.69, 9.17) is 32.7 Å². The number of ether oxygens (including phenoxy) is 2. The largest absolute Gasteiger partial charge is 0.461 e. The van der Waals surface area contributed by atoms with E-state index in [2.05, 4.69) is 15.0 Å². The first-order valence-electron chi connectivity index (χ1n) is 7.45. The first kappa shape index (κ1) is 16.5. The molecule has 1 fully saturated rings. The Morgan fingerprint density at radius 3 is 2.74 bits per heavy atom. The third-order valence-corrected chi connectivity index (χ3v) is 4.38. The van der Waals surface area contributed by atoms with E-state index in [-0.39, 0.29) is 0 Å². The molecule has 23 heavy (non-hydrogen) atoms. The molecule has 0 bridgehead atoms. The van der Waals surface area contributed by atoms with E-state index in [1.54, 1.807) is 16.8 Å². The lowest BCUT2D eigenvalue weighted by molar-refractivity contribution is 0.0317. The third kappa shape index (κ3) is 4.14. The minimum Gasteiger partial charge on any atom is -0.461 e. The molecule has 1 aliphatic heterocycles. The third-order valence-electron chi connectivity index (χ3n) is 3.64. The minimum absolute atomic E-state index is 0.363. The van der Waals surface area contributed by atoms with Crippen LogP contribution in [0.15, 0.2) is 18.2 Å². The lowest BCUT2D eigenvalue weighted by Crippen LogP contribution is -2.38. The summed E-state index contributed by atoms with van der Waals surface area (Å²) < 4.78 is 12.7. The SMILES string of the molecule is Cc1nc(OCCN2CCOCC2)nn1-c1ccc(Cl)c(Cl)c1. The quantitative estimate of drug-likeness (QED) is 0.823.